The molecule has 21 heavy (non-hydrogen) atoms. The van der Waals surface area contributed by atoms with Crippen LogP contribution in [0.3, 0.4) is 0 Å². The van der Waals surface area contributed by atoms with E-state index in [1.165, 1.54) is 5.69 Å². The topological polar surface area (TPSA) is 64.1 Å². The van der Waals surface area contributed by atoms with Gasteiger partial charge in [-0.25, -0.2) is 0 Å². The molecular formula is C17H25N3O. The Hall–Kier alpha value is -1.65. The second-order valence-electron chi connectivity index (χ2n) is 5.41. The molecule has 0 aliphatic carbocycles. The fraction of sp³-hybridized carbons (Fsp3) is 0.471. The lowest BCUT2D eigenvalue weighted by Crippen LogP contribution is -2.36. The molecule has 2 rings (SSSR count). The van der Waals surface area contributed by atoms with Gasteiger partial charge in [0.05, 0.1) is 5.69 Å². The molecule has 0 radical (unpaired) electrons. The standard InChI is InChI=1S/C17H25N3O/c1-3-15-12-16(4-2)20(19-15)11-10-17(21,13-18)14-8-6-5-7-9-14/h5-9,12,21H,3-4,10-11,13,18H2,1-2H3. The minimum absolute atomic E-state index is 0.209. The van der Waals surface area contributed by atoms with Gasteiger partial charge < -0.3 is 10.8 Å². The number of aryl methyl sites for hydroxylation is 3. The van der Waals surface area contributed by atoms with Crippen molar-refractivity contribution in [2.75, 3.05) is 6.54 Å². The number of nitrogens with zero attached hydrogens (tertiary/aromatic N) is 2. The van der Waals surface area contributed by atoms with Crippen molar-refractivity contribution in [2.24, 2.45) is 5.73 Å². The minimum Gasteiger partial charge on any atom is -0.384 e. The highest BCUT2D eigenvalue weighted by Gasteiger charge is 2.27. The van der Waals surface area contributed by atoms with Crippen LogP contribution in [0, 0.1) is 0 Å². The van der Waals surface area contributed by atoms with Crippen molar-refractivity contribution in [1.29, 1.82) is 0 Å². The fourth-order valence-corrected chi connectivity index (χ4v) is 2.57. The number of aliphatic hydroxyl groups is 1. The van der Waals surface area contributed by atoms with Crippen molar-refractivity contribution in [3.8, 4) is 0 Å². The summed E-state index contributed by atoms with van der Waals surface area (Å²) in [4.78, 5) is 0. The molecule has 1 aromatic carbocycles. The van der Waals surface area contributed by atoms with Crippen LogP contribution < -0.4 is 5.73 Å². The zero-order valence-electron chi connectivity index (χ0n) is 12.9. The van der Waals surface area contributed by atoms with Gasteiger partial charge in [-0.2, -0.15) is 5.10 Å². The normalized spacial score (nSPS) is 14.1. The predicted octanol–water partition coefficient (Wildman–Crippen LogP) is 2.24. The number of aromatic nitrogens is 2. The molecule has 1 aromatic heterocycles. The molecule has 0 aliphatic rings. The number of hydrogen-bond acceptors (Lipinski definition) is 3. The van der Waals surface area contributed by atoms with Crippen LogP contribution in [0.5, 0.6) is 0 Å². The molecule has 0 saturated carbocycles. The van der Waals surface area contributed by atoms with E-state index in [4.69, 9.17) is 5.73 Å². The molecule has 0 aliphatic heterocycles. The first-order chi connectivity index (χ1) is 10.1. The third-order valence-electron chi connectivity index (χ3n) is 4.02. The molecule has 4 nitrogen and oxygen atoms in total. The summed E-state index contributed by atoms with van der Waals surface area (Å²) in [5, 5.41) is 15.4. The van der Waals surface area contributed by atoms with E-state index in [9.17, 15) is 5.11 Å². The zero-order chi connectivity index (χ0) is 15.3. The van der Waals surface area contributed by atoms with Crippen LogP contribution in [0.25, 0.3) is 0 Å². The van der Waals surface area contributed by atoms with Gasteiger partial charge in [-0.1, -0.05) is 44.2 Å². The number of rotatable bonds is 7. The second-order valence-corrected chi connectivity index (χ2v) is 5.41. The van der Waals surface area contributed by atoms with E-state index < -0.39 is 5.60 Å². The molecular weight excluding hydrogens is 262 g/mol. The van der Waals surface area contributed by atoms with E-state index in [1.807, 2.05) is 35.0 Å². The van der Waals surface area contributed by atoms with Crippen LogP contribution in [-0.2, 0) is 25.0 Å². The SMILES string of the molecule is CCc1cc(CC)n(CCC(O)(CN)c2ccccc2)n1. The van der Waals surface area contributed by atoms with Crippen LogP contribution >= 0.6 is 0 Å². The van der Waals surface area contributed by atoms with Gasteiger partial charge in [-0.05, 0) is 24.5 Å². The molecule has 0 amide bonds. The Morgan fingerprint density at radius 1 is 1.19 bits per heavy atom. The molecule has 3 N–H and O–H groups in total. The van der Waals surface area contributed by atoms with E-state index in [1.54, 1.807) is 0 Å². The van der Waals surface area contributed by atoms with Gasteiger partial charge in [0.25, 0.3) is 0 Å². The van der Waals surface area contributed by atoms with E-state index >= 15 is 0 Å². The summed E-state index contributed by atoms with van der Waals surface area (Å²) in [6.45, 7) is 5.11. The molecule has 0 bridgehead atoms. The Morgan fingerprint density at radius 2 is 1.90 bits per heavy atom. The smallest absolute Gasteiger partial charge is 0.104 e. The number of hydrogen-bond donors (Lipinski definition) is 2. The first kappa shape index (κ1) is 15.7. The highest BCUT2D eigenvalue weighted by atomic mass is 16.3. The summed E-state index contributed by atoms with van der Waals surface area (Å²) < 4.78 is 2.00. The number of benzene rings is 1. The molecule has 0 fully saturated rings. The average Bonchev–Trinajstić information content (AvgIpc) is 2.96. The van der Waals surface area contributed by atoms with E-state index in [0.717, 1.165) is 24.1 Å². The lowest BCUT2D eigenvalue weighted by Gasteiger charge is -2.27. The summed E-state index contributed by atoms with van der Waals surface area (Å²) in [5.41, 5.74) is 8.01. The molecule has 1 unspecified atom stereocenters. The van der Waals surface area contributed by atoms with Crippen LogP contribution in [0.15, 0.2) is 36.4 Å². The van der Waals surface area contributed by atoms with Crippen LogP contribution in [0.4, 0.5) is 0 Å². The lowest BCUT2D eigenvalue weighted by atomic mass is 9.90. The molecule has 114 valence electrons. The average molecular weight is 287 g/mol. The minimum atomic E-state index is -0.995. The Bertz CT molecular complexity index is 565. The highest BCUT2D eigenvalue weighted by molar-refractivity contribution is 5.22. The van der Waals surface area contributed by atoms with Crippen LogP contribution in [0.2, 0.25) is 0 Å². The zero-order valence-corrected chi connectivity index (χ0v) is 12.9. The Balaban J connectivity index is 2.15. The first-order valence-electron chi connectivity index (χ1n) is 7.66. The van der Waals surface area contributed by atoms with Crippen molar-refractivity contribution < 1.29 is 5.11 Å². The van der Waals surface area contributed by atoms with Gasteiger partial charge in [0.1, 0.15) is 5.60 Å². The summed E-state index contributed by atoms with van der Waals surface area (Å²) >= 11 is 0. The highest BCUT2D eigenvalue weighted by Crippen LogP contribution is 2.24. The summed E-state index contributed by atoms with van der Waals surface area (Å²) in [6.07, 6.45) is 2.44. The van der Waals surface area contributed by atoms with Gasteiger partial charge in [-0.15, -0.1) is 0 Å². The third kappa shape index (κ3) is 3.52. The second kappa shape index (κ2) is 6.87. The van der Waals surface area contributed by atoms with Gasteiger partial charge in [0.2, 0.25) is 0 Å². The van der Waals surface area contributed by atoms with Crippen molar-refractivity contribution >= 4 is 0 Å². The van der Waals surface area contributed by atoms with Gasteiger partial charge in [-0.3, -0.25) is 4.68 Å². The van der Waals surface area contributed by atoms with Crippen molar-refractivity contribution in [2.45, 2.75) is 45.3 Å². The Kier molecular flexibility index (Phi) is 5.15. The lowest BCUT2D eigenvalue weighted by molar-refractivity contribution is 0.0310. The fourth-order valence-electron chi connectivity index (χ4n) is 2.57. The molecule has 4 heteroatoms. The van der Waals surface area contributed by atoms with Crippen molar-refractivity contribution in [3.63, 3.8) is 0 Å². The molecule has 1 heterocycles. The Morgan fingerprint density at radius 3 is 2.48 bits per heavy atom. The molecule has 0 spiro atoms. The van der Waals surface area contributed by atoms with E-state index in [0.29, 0.717) is 13.0 Å². The van der Waals surface area contributed by atoms with Gasteiger partial charge in [0.15, 0.2) is 0 Å². The summed E-state index contributed by atoms with van der Waals surface area (Å²) in [7, 11) is 0. The monoisotopic (exact) mass is 287 g/mol. The van der Waals surface area contributed by atoms with Gasteiger partial charge in [0, 0.05) is 25.2 Å². The van der Waals surface area contributed by atoms with Crippen LogP contribution in [0.1, 0.15) is 37.2 Å². The molecule has 2 aromatic rings. The largest absolute Gasteiger partial charge is 0.384 e. The maximum atomic E-state index is 10.8. The summed E-state index contributed by atoms with van der Waals surface area (Å²) in [6, 6.07) is 11.8. The Labute approximate surface area is 126 Å². The van der Waals surface area contributed by atoms with E-state index in [-0.39, 0.29) is 6.54 Å². The number of nitrogens with two attached hydrogens (primary N) is 1. The van der Waals surface area contributed by atoms with Gasteiger partial charge >= 0.3 is 0 Å². The maximum Gasteiger partial charge on any atom is 0.104 e. The quantitative estimate of drug-likeness (QED) is 0.821. The predicted molar refractivity (Wildman–Crippen MR) is 85.0 cm³/mol. The van der Waals surface area contributed by atoms with Crippen LogP contribution in [-0.4, -0.2) is 21.4 Å². The summed E-state index contributed by atoms with van der Waals surface area (Å²) in [5.74, 6) is 0. The maximum absolute atomic E-state index is 10.8. The molecule has 1 atom stereocenters. The molecule has 0 saturated heterocycles. The van der Waals surface area contributed by atoms with E-state index in [2.05, 4.69) is 25.0 Å². The third-order valence-corrected chi connectivity index (χ3v) is 4.02. The van der Waals surface area contributed by atoms with Crippen molar-refractivity contribution in [1.82, 2.24) is 9.78 Å². The van der Waals surface area contributed by atoms with Crippen molar-refractivity contribution in [3.05, 3.63) is 53.3 Å². The first-order valence-corrected chi connectivity index (χ1v) is 7.66.